The zero-order valence-corrected chi connectivity index (χ0v) is 18.1. The van der Waals surface area contributed by atoms with Gasteiger partial charge in [-0.2, -0.15) is 0 Å². The van der Waals surface area contributed by atoms with E-state index in [0.717, 1.165) is 19.3 Å². The smallest absolute Gasteiger partial charge is 0.276 e. The first-order valence-corrected chi connectivity index (χ1v) is 10.2. The maximum atomic E-state index is 13.3. The molecule has 0 aromatic heterocycles. The number of amides is 2. The number of benzene rings is 2. The molecule has 5 nitrogen and oxygen atoms in total. The fourth-order valence-corrected chi connectivity index (χ4v) is 2.94. The van der Waals surface area contributed by atoms with Crippen molar-refractivity contribution in [3.05, 3.63) is 65.2 Å². The van der Waals surface area contributed by atoms with E-state index in [4.69, 9.17) is 4.74 Å². The molecule has 29 heavy (non-hydrogen) atoms. The molecular formula is C24H32N2O3. The molecule has 0 fully saturated rings. The molecule has 156 valence electrons. The van der Waals surface area contributed by atoms with Gasteiger partial charge in [0.25, 0.3) is 11.8 Å². The molecule has 0 spiro atoms. The van der Waals surface area contributed by atoms with Gasteiger partial charge < -0.3 is 4.74 Å². The number of hydrazine groups is 1. The van der Waals surface area contributed by atoms with Crippen molar-refractivity contribution in [3.8, 4) is 5.75 Å². The van der Waals surface area contributed by atoms with Crippen LogP contribution in [0.5, 0.6) is 5.75 Å². The van der Waals surface area contributed by atoms with E-state index in [2.05, 4.69) is 12.3 Å². The summed E-state index contributed by atoms with van der Waals surface area (Å²) in [6, 6.07) is 14.6. The Morgan fingerprint density at radius 3 is 2.24 bits per heavy atom. The molecule has 0 aliphatic heterocycles. The van der Waals surface area contributed by atoms with E-state index in [1.807, 2.05) is 45.9 Å². The molecule has 0 bridgehead atoms. The normalized spacial score (nSPS) is 11.1. The van der Waals surface area contributed by atoms with Gasteiger partial charge >= 0.3 is 0 Å². The number of para-hydroxylation sites is 1. The van der Waals surface area contributed by atoms with Gasteiger partial charge in [0.05, 0.1) is 17.7 Å². The lowest BCUT2D eigenvalue weighted by Crippen LogP contribution is -2.55. The van der Waals surface area contributed by atoms with Gasteiger partial charge in [-0.05, 0) is 70.4 Å². The number of hydrogen-bond acceptors (Lipinski definition) is 3. The largest absolute Gasteiger partial charge is 0.493 e. The van der Waals surface area contributed by atoms with Crippen LogP contribution in [0, 0.1) is 0 Å². The summed E-state index contributed by atoms with van der Waals surface area (Å²) in [7, 11) is 0. The first-order chi connectivity index (χ1) is 13.8. The molecule has 2 aromatic carbocycles. The molecule has 0 heterocycles. The second kappa shape index (κ2) is 10.1. The number of carbonyl (C=O) groups excluding carboxylic acids is 2. The third kappa shape index (κ3) is 6.08. The van der Waals surface area contributed by atoms with Crippen LogP contribution in [0.25, 0.3) is 0 Å². The summed E-state index contributed by atoms with van der Waals surface area (Å²) in [4.78, 5) is 26.1. The molecule has 0 saturated carbocycles. The first-order valence-electron chi connectivity index (χ1n) is 10.2. The third-order valence-corrected chi connectivity index (χ3v) is 4.54. The zero-order chi connectivity index (χ0) is 21.4. The maximum Gasteiger partial charge on any atom is 0.276 e. The summed E-state index contributed by atoms with van der Waals surface area (Å²) in [6.07, 6.45) is 3.25. The van der Waals surface area contributed by atoms with Gasteiger partial charge in [-0.25, -0.2) is 5.01 Å². The van der Waals surface area contributed by atoms with Crippen molar-refractivity contribution in [1.82, 2.24) is 10.4 Å². The van der Waals surface area contributed by atoms with Gasteiger partial charge in [0.2, 0.25) is 0 Å². The molecule has 5 heteroatoms. The predicted molar refractivity (Wildman–Crippen MR) is 116 cm³/mol. The minimum atomic E-state index is -0.618. The number of carbonyl (C=O) groups is 2. The van der Waals surface area contributed by atoms with Crippen molar-refractivity contribution in [2.45, 2.75) is 59.4 Å². The van der Waals surface area contributed by atoms with Crippen molar-refractivity contribution in [1.29, 1.82) is 0 Å². The molecule has 0 saturated heterocycles. The summed E-state index contributed by atoms with van der Waals surface area (Å²) in [6.45, 7) is 10.1. The Balaban J connectivity index is 2.23. The topological polar surface area (TPSA) is 58.6 Å². The lowest BCUT2D eigenvalue weighted by atomic mass is 10.0. The Kier molecular flexibility index (Phi) is 7.82. The third-order valence-electron chi connectivity index (χ3n) is 4.54. The SMILES string of the molecule is CCCCc1ccc(C(=O)NN(C(=O)c2ccccc2OCC)C(C)(C)C)cc1. The number of nitrogens with zero attached hydrogens (tertiary/aromatic N) is 1. The number of unbranched alkanes of at least 4 members (excludes halogenated alkanes) is 1. The van der Waals surface area contributed by atoms with E-state index in [1.165, 1.54) is 10.6 Å². The van der Waals surface area contributed by atoms with E-state index < -0.39 is 5.54 Å². The second-order valence-electron chi connectivity index (χ2n) is 7.98. The van der Waals surface area contributed by atoms with Crippen LogP contribution in [0.4, 0.5) is 0 Å². The molecule has 0 aliphatic carbocycles. The van der Waals surface area contributed by atoms with Gasteiger partial charge in [0, 0.05) is 5.56 Å². The quantitative estimate of drug-likeness (QED) is 0.669. The summed E-state index contributed by atoms with van der Waals surface area (Å²) in [5.74, 6) is -0.123. The van der Waals surface area contributed by atoms with Crippen LogP contribution < -0.4 is 10.2 Å². The van der Waals surface area contributed by atoms with Gasteiger partial charge in [-0.3, -0.25) is 15.0 Å². The molecular weight excluding hydrogens is 364 g/mol. The Morgan fingerprint density at radius 1 is 1.00 bits per heavy atom. The molecule has 2 rings (SSSR count). The zero-order valence-electron chi connectivity index (χ0n) is 18.1. The van der Waals surface area contributed by atoms with Crippen molar-refractivity contribution in [2.75, 3.05) is 6.61 Å². The first kappa shape index (κ1) is 22.5. The van der Waals surface area contributed by atoms with Crippen LogP contribution in [0.1, 0.15) is 73.7 Å². The highest BCUT2D eigenvalue weighted by Gasteiger charge is 2.31. The highest BCUT2D eigenvalue weighted by Crippen LogP contribution is 2.23. The number of nitrogens with one attached hydrogen (secondary N) is 1. The summed E-state index contributed by atoms with van der Waals surface area (Å²) >= 11 is 0. The van der Waals surface area contributed by atoms with E-state index in [0.29, 0.717) is 23.5 Å². The predicted octanol–water partition coefficient (Wildman–Crippen LogP) is 5.01. The van der Waals surface area contributed by atoms with E-state index in [1.54, 1.807) is 30.3 Å². The minimum absolute atomic E-state index is 0.311. The van der Waals surface area contributed by atoms with Crippen LogP contribution in [0.3, 0.4) is 0 Å². The van der Waals surface area contributed by atoms with Crippen LogP contribution in [0.2, 0.25) is 0 Å². The molecule has 0 aliphatic rings. The van der Waals surface area contributed by atoms with Crippen LogP contribution in [-0.4, -0.2) is 29.0 Å². The molecule has 2 aromatic rings. The van der Waals surface area contributed by atoms with Crippen LogP contribution in [-0.2, 0) is 6.42 Å². The fraction of sp³-hybridized carbons (Fsp3) is 0.417. The van der Waals surface area contributed by atoms with Gasteiger partial charge in [-0.1, -0.05) is 37.6 Å². The van der Waals surface area contributed by atoms with Gasteiger partial charge in [0.1, 0.15) is 5.75 Å². The number of hydrogen-bond donors (Lipinski definition) is 1. The lowest BCUT2D eigenvalue weighted by Gasteiger charge is -2.35. The Labute approximate surface area is 174 Å². The van der Waals surface area contributed by atoms with E-state index in [-0.39, 0.29) is 11.8 Å². The van der Waals surface area contributed by atoms with Gasteiger partial charge in [-0.15, -0.1) is 0 Å². The molecule has 0 unspecified atom stereocenters. The van der Waals surface area contributed by atoms with Crippen LogP contribution >= 0.6 is 0 Å². The number of ether oxygens (including phenoxy) is 1. The van der Waals surface area contributed by atoms with Crippen molar-refractivity contribution < 1.29 is 14.3 Å². The van der Waals surface area contributed by atoms with Crippen molar-refractivity contribution in [2.24, 2.45) is 0 Å². The Bertz CT molecular complexity index is 823. The monoisotopic (exact) mass is 396 g/mol. The Morgan fingerprint density at radius 2 is 1.66 bits per heavy atom. The highest BCUT2D eigenvalue weighted by molar-refractivity contribution is 6.00. The van der Waals surface area contributed by atoms with Gasteiger partial charge in [0.15, 0.2) is 0 Å². The maximum absolute atomic E-state index is 13.3. The summed E-state index contributed by atoms with van der Waals surface area (Å²) in [5, 5.41) is 1.37. The van der Waals surface area contributed by atoms with E-state index >= 15 is 0 Å². The Hall–Kier alpha value is -2.82. The minimum Gasteiger partial charge on any atom is -0.493 e. The van der Waals surface area contributed by atoms with Crippen molar-refractivity contribution in [3.63, 3.8) is 0 Å². The van der Waals surface area contributed by atoms with Crippen LogP contribution in [0.15, 0.2) is 48.5 Å². The van der Waals surface area contributed by atoms with Crippen molar-refractivity contribution >= 4 is 11.8 Å². The molecule has 0 atom stereocenters. The summed E-state index contributed by atoms with van der Waals surface area (Å²) < 4.78 is 5.60. The second-order valence-corrected chi connectivity index (χ2v) is 7.98. The fourth-order valence-electron chi connectivity index (χ4n) is 2.94. The molecule has 0 radical (unpaired) electrons. The molecule has 2 amide bonds. The summed E-state index contributed by atoms with van der Waals surface area (Å²) in [5.41, 5.74) is 4.32. The van der Waals surface area contributed by atoms with E-state index in [9.17, 15) is 9.59 Å². The molecule has 1 N–H and O–H groups in total. The average molecular weight is 397 g/mol. The number of aryl methyl sites for hydroxylation is 1. The standard InChI is InChI=1S/C24H32N2O3/c1-6-8-11-18-14-16-19(17-15-18)22(27)25-26(24(3,4)5)23(28)20-12-9-10-13-21(20)29-7-2/h9-10,12-17H,6-8,11H2,1-5H3,(H,25,27). The average Bonchev–Trinajstić information content (AvgIpc) is 2.70. The lowest BCUT2D eigenvalue weighted by molar-refractivity contribution is 0.0355. The highest BCUT2D eigenvalue weighted by atomic mass is 16.5. The number of rotatable bonds is 7.